The second-order valence-corrected chi connectivity index (χ2v) is 3.60. The number of aromatic nitrogens is 1. The summed E-state index contributed by atoms with van der Waals surface area (Å²) in [5.41, 5.74) is 2.19. The number of rotatable bonds is 2. The van der Waals surface area contributed by atoms with Gasteiger partial charge in [0.15, 0.2) is 6.10 Å². The van der Waals surface area contributed by atoms with Gasteiger partial charge in [-0.15, -0.1) is 0 Å². The molecule has 3 heteroatoms. The third-order valence-electron chi connectivity index (χ3n) is 2.39. The van der Waals surface area contributed by atoms with Crippen molar-refractivity contribution < 1.29 is 9.63 Å². The molecule has 0 amide bonds. The zero-order valence-corrected chi connectivity index (χ0v) is 8.73. The maximum atomic E-state index is 12.0. The van der Waals surface area contributed by atoms with Crippen molar-refractivity contribution in [3.8, 4) is 0 Å². The smallest absolute Gasteiger partial charge is 0.164 e. The first-order valence-electron chi connectivity index (χ1n) is 4.83. The molecule has 1 unspecified atom stereocenters. The summed E-state index contributed by atoms with van der Waals surface area (Å²) >= 11 is 0. The van der Waals surface area contributed by atoms with Crippen LogP contribution in [0.1, 0.15) is 28.7 Å². The zero-order valence-electron chi connectivity index (χ0n) is 8.73. The summed E-state index contributed by atoms with van der Waals surface area (Å²) in [6.45, 7) is 3.70. The Morgan fingerprint density at radius 3 is 2.60 bits per heavy atom. The molecule has 15 heavy (non-hydrogen) atoms. The highest BCUT2D eigenvalue weighted by Gasteiger charge is 2.17. The molecule has 1 aromatic heterocycles. The molecule has 0 fully saturated rings. The summed E-state index contributed by atoms with van der Waals surface area (Å²) < 4.78 is 4.90. The summed E-state index contributed by atoms with van der Waals surface area (Å²) in [5.74, 6) is 0.666. The highest BCUT2D eigenvalue weighted by atomic mass is 16.5. The van der Waals surface area contributed by atoms with E-state index >= 15 is 0 Å². The maximum Gasteiger partial charge on any atom is 0.164 e. The van der Waals surface area contributed by atoms with Crippen LogP contribution in [0.15, 0.2) is 34.9 Å². The van der Waals surface area contributed by atoms with E-state index in [1.807, 2.05) is 31.2 Å². The molecule has 77 valence electrons. The molecule has 2 aromatic rings. The van der Waals surface area contributed by atoms with Crippen LogP contribution in [0.3, 0.4) is 0 Å². The molecular formula is C12H12NO2. The molecule has 0 aliphatic heterocycles. The lowest BCUT2D eigenvalue weighted by Crippen LogP contribution is -2.00. The molecule has 3 nitrogen and oxygen atoms in total. The average molecular weight is 202 g/mol. The summed E-state index contributed by atoms with van der Waals surface area (Å²) in [6, 6.07) is 9.22. The number of hydrogen-bond donors (Lipinski definition) is 0. The minimum atomic E-state index is -0.955. The molecule has 0 spiro atoms. The van der Waals surface area contributed by atoms with Crippen LogP contribution in [0.25, 0.3) is 0 Å². The monoisotopic (exact) mass is 202 g/mol. The Morgan fingerprint density at radius 2 is 2.00 bits per heavy atom. The number of hydrogen-bond acceptors (Lipinski definition) is 2. The lowest BCUT2D eigenvalue weighted by molar-refractivity contribution is 0.116. The highest BCUT2D eigenvalue weighted by Crippen LogP contribution is 2.24. The first kappa shape index (κ1) is 9.93. The lowest BCUT2D eigenvalue weighted by Gasteiger charge is -2.07. The molecule has 0 bridgehead atoms. The van der Waals surface area contributed by atoms with Crippen LogP contribution in [0, 0.1) is 13.8 Å². The largest absolute Gasteiger partial charge is 0.361 e. The quantitative estimate of drug-likeness (QED) is 0.751. The predicted molar refractivity (Wildman–Crippen MR) is 54.9 cm³/mol. The van der Waals surface area contributed by atoms with Crippen LogP contribution in [0.5, 0.6) is 0 Å². The van der Waals surface area contributed by atoms with E-state index in [1.165, 1.54) is 0 Å². The van der Waals surface area contributed by atoms with Crippen molar-refractivity contribution in [1.82, 2.24) is 5.16 Å². The highest BCUT2D eigenvalue weighted by molar-refractivity contribution is 5.32. The van der Waals surface area contributed by atoms with Gasteiger partial charge in [0.05, 0.1) is 0 Å². The van der Waals surface area contributed by atoms with E-state index in [1.54, 1.807) is 13.0 Å². The van der Waals surface area contributed by atoms with Gasteiger partial charge in [-0.1, -0.05) is 29.4 Å². The van der Waals surface area contributed by atoms with Crippen LogP contribution in [0.4, 0.5) is 0 Å². The van der Waals surface area contributed by atoms with Crippen molar-refractivity contribution in [3.63, 3.8) is 0 Å². The second-order valence-electron chi connectivity index (χ2n) is 3.60. The lowest BCUT2D eigenvalue weighted by atomic mass is 10.0. The van der Waals surface area contributed by atoms with E-state index in [-0.39, 0.29) is 0 Å². The normalized spacial score (nSPS) is 12.7. The van der Waals surface area contributed by atoms with E-state index < -0.39 is 6.10 Å². The summed E-state index contributed by atoms with van der Waals surface area (Å²) in [5, 5.41) is 15.8. The zero-order chi connectivity index (χ0) is 10.8. The van der Waals surface area contributed by atoms with Crippen molar-refractivity contribution in [2.45, 2.75) is 20.0 Å². The van der Waals surface area contributed by atoms with Gasteiger partial charge in [-0.3, -0.25) is 0 Å². The molecule has 0 saturated heterocycles. The summed E-state index contributed by atoms with van der Waals surface area (Å²) in [4.78, 5) is 0. The number of nitrogens with zero attached hydrogens (tertiary/aromatic N) is 1. The minimum Gasteiger partial charge on any atom is -0.361 e. The molecule has 0 aliphatic rings. The van der Waals surface area contributed by atoms with Crippen molar-refractivity contribution in [2.75, 3.05) is 0 Å². The molecule has 2 rings (SSSR count). The third kappa shape index (κ3) is 1.92. The average Bonchev–Trinajstić information content (AvgIpc) is 2.65. The SMILES string of the molecule is Cc1cc(C([O])c2ccccc2C)no1. The fraction of sp³-hybridized carbons (Fsp3) is 0.250. The first-order valence-corrected chi connectivity index (χ1v) is 4.83. The van der Waals surface area contributed by atoms with Crippen molar-refractivity contribution in [3.05, 3.63) is 52.9 Å². The number of benzene rings is 1. The van der Waals surface area contributed by atoms with Gasteiger partial charge in [0.2, 0.25) is 0 Å². The van der Waals surface area contributed by atoms with Gasteiger partial charge >= 0.3 is 0 Å². The van der Waals surface area contributed by atoms with E-state index in [0.29, 0.717) is 11.5 Å². The standard InChI is InChI=1S/C12H12NO2/c1-8-5-3-4-6-10(8)12(14)11-7-9(2)15-13-11/h3-7,12H,1-2H3. The van der Waals surface area contributed by atoms with E-state index in [9.17, 15) is 5.11 Å². The molecular weight excluding hydrogens is 190 g/mol. The predicted octanol–water partition coefficient (Wildman–Crippen LogP) is 2.81. The summed E-state index contributed by atoms with van der Waals surface area (Å²) in [6.07, 6.45) is -0.955. The van der Waals surface area contributed by atoms with Crippen molar-refractivity contribution >= 4 is 0 Å². The van der Waals surface area contributed by atoms with Gasteiger partial charge in [0, 0.05) is 6.07 Å². The van der Waals surface area contributed by atoms with Crippen LogP contribution in [-0.2, 0) is 5.11 Å². The molecule has 0 N–H and O–H groups in total. The Labute approximate surface area is 88.3 Å². The van der Waals surface area contributed by atoms with Gasteiger partial charge in [-0.2, -0.15) is 0 Å². The summed E-state index contributed by atoms with van der Waals surface area (Å²) in [7, 11) is 0. The van der Waals surface area contributed by atoms with Crippen LogP contribution in [0.2, 0.25) is 0 Å². The van der Waals surface area contributed by atoms with E-state index in [0.717, 1.165) is 11.1 Å². The van der Waals surface area contributed by atoms with Crippen molar-refractivity contribution in [1.29, 1.82) is 0 Å². The second kappa shape index (κ2) is 3.87. The van der Waals surface area contributed by atoms with Crippen LogP contribution < -0.4 is 0 Å². The Morgan fingerprint density at radius 1 is 1.27 bits per heavy atom. The fourth-order valence-corrected chi connectivity index (χ4v) is 1.55. The molecule has 0 aliphatic carbocycles. The van der Waals surface area contributed by atoms with Gasteiger partial charge < -0.3 is 4.52 Å². The van der Waals surface area contributed by atoms with Crippen LogP contribution >= 0.6 is 0 Å². The molecule has 1 aromatic carbocycles. The Bertz CT molecular complexity index is 462. The van der Waals surface area contributed by atoms with Gasteiger partial charge in [0.1, 0.15) is 11.5 Å². The molecule has 1 heterocycles. The van der Waals surface area contributed by atoms with Crippen LogP contribution in [-0.4, -0.2) is 5.16 Å². The van der Waals surface area contributed by atoms with E-state index in [2.05, 4.69) is 5.16 Å². The minimum absolute atomic E-state index is 0.446. The fourth-order valence-electron chi connectivity index (χ4n) is 1.55. The third-order valence-corrected chi connectivity index (χ3v) is 2.39. The Balaban J connectivity index is 2.36. The Hall–Kier alpha value is -1.61. The maximum absolute atomic E-state index is 12.0. The molecule has 1 radical (unpaired) electrons. The first-order chi connectivity index (χ1) is 7.18. The molecule has 0 saturated carbocycles. The van der Waals surface area contributed by atoms with Crippen molar-refractivity contribution in [2.24, 2.45) is 0 Å². The number of aryl methyl sites for hydroxylation is 2. The van der Waals surface area contributed by atoms with Gasteiger partial charge in [0.25, 0.3) is 0 Å². The van der Waals surface area contributed by atoms with E-state index in [4.69, 9.17) is 4.52 Å². The topological polar surface area (TPSA) is 45.9 Å². The van der Waals surface area contributed by atoms with Gasteiger partial charge in [-0.05, 0) is 25.0 Å². The molecule has 1 atom stereocenters. The van der Waals surface area contributed by atoms with Gasteiger partial charge in [-0.25, -0.2) is 5.11 Å². The Kier molecular flexibility index (Phi) is 2.56.